The number of aryl methyl sites for hydroxylation is 1. The van der Waals surface area contributed by atoms with E-state index in [4.69, 9.17) is 11.6 Å². The van der Waals surface area contributed by atoms with Gasteiger partial charge in [-0.3, -0.25) is 14.1 Å². The van der Waals surface area contributed by atoms with Crippen LogP contribution in [0.3, 0.4) is 0 Å². The summed E-state index contributed by atoms with van der Waals surface area (Å²) < 4.78 is 14.9. The average Bonchev–Trinajstić information content (AvgIpc) is 3.21. The number of imidazole rings is 1. The van der Waals surface area contributed by atoms with Gasteiger partial charge < -0.3 is 5.32 Å². The zero-order chi connectivity index (χ0) is 23.7. The Morgan fingerprint density at radius 2 is 1.88 bits per heavy atom. The van der Waals surface area contributed by atoms with E-state index in [1.807, 2.05) is 25.1 Å². The molecule has 3 heterocycles. The number of carbonyl (C=O) groups is 1. The fourth-order valence-electron chi connectivity index (χ4n) is 4.58. The lowest BCUT2D eigenvalue weighted by Crippen LogP contribution is -2.30. The molecule has 7 heteroatoms. The molecule has 0 unspecified atom stereocenters. The van der Waals surface area contributed by atoms with Gasteiger partial charge in [-0.25, -0.2) is 9.37 Å². The van der Waals surface area contributed by atoms with Crippen molar-refractivity contribution < 1.29 is 9.18 Å². The maximum atomic E-state index is 13.2. The van der Waals surface area contributed by atoms with Crippen molar-refractivity contribution in [1.82, 2.24) is 19.6 Å². The minimum atomic E-state index is -0.205. The van der Waals surface area contributed by atoms with E-state index in [0.717, 1.165) is 42.9 Å². The van der Waals surface area contributed by atoms with Crippen molar-refractivity contribution in [2.75, 3.05) is 6.54 Å². The largest absolute Gasteiger partial charge is 0.347 e. The molecule has 2 aromatic heterocycles. The third-order valence-electron chi connectivity index (χ3n) is 6.34. The van der Waals surface area contributed by atoms with Crippen LogP contribution in [0.4, 0.5) is 4.39 Å². The second kappa shape index (κ2) is 9.57. The summed E-state index contributed by atoms with van der Waals surface area (Å²) in [4.78, 5) is 20.0. The summed E-state index contributed by atoms with van der Waals surface area (Å²) in [7, 11) is 0. The number of nitrogens with zero attached hydrogens (tertiary/aromatic N) is 3. The maximum Gasteiger partial charge on any atom is 0.270 e. The van der Waals surface area contributed by atoms with Gasteiger partial charge in [-0.15, -0.1) is 0 Å². The van der Waals surface area contributed by atoms with Crippen molar-refractivity contribution in [3.05, 3.63) is 105 Å². The van der Waals surface area contributed by atoms with E-state index in [2.05, 4.69) is 33.4 Å². The summed E-state index contributed by atoms with van der Waals surface area (Å²) in [5.74, 6) is -0.363. The lowest BCUT2D eigenvalue weighted by Gasteiger charge is -2.29. The van der Waals surface area contributed by atoms with Crippen LogP contribution in [0.25, 0.3) is 5.65 Å². The molecule has 1 N–H and O–H groups in total. The predicted molar refractivity (Wildman–Crippen MR) is 131 cm³/mol. The van der Waals surface area contributed by atoms with Crippen molar-refractivity contribution in [1.29, 1.82) is 0 Å². The Morgan fingerprint density at radius 3 is 2.68 bits per heavy atom. The fraction of sp³-hybridized carbons (Fsp3) is 0.259. The highest BCUT2D eigenvalue weighted by Crippen LogP contribution is 2.23. The van der Waals surface area contributed by atoms with Crippen LogP contribution >= 0.6 is 11.6 Å². The van der Waals surface area contributed by atoms with Gasteiger partial charge in [-0.05, 0) is 59.4 Å². The number of nitrogens with one attached hydrogen (secondary N) is 1. The summed E-state index contributed by atoms with van der Waals surface area (Å²) in [5, 5.41) is 3.62. The number of amides is 1. The zero-order valence-electron chi connectivity index (χ0n) is 19.0. The monoisotopic (exact) mass is 476 g/mol. The van der Waals surface area contributed by atoms with Crippen LogP contribution in [-0.2, 0) is 32.5 Å². The fourth-order valence-corrected chi connectivity index (χ4v) is 4.74. The molecular formula is C27H26ClFN4O. The minimum Gasteiger partial charge on any atom is -0.347 e. The Labute approximate surface area is 203 Å². The summed E-state index contributed by atoms with van der Waals surface area (Å²) in [6.07, 6.45) is 3.34. The molecule has 2 aromatic carbocycles. The molecule has 1 amide bonds. The summed E-state index contributed by atoms with van der Waals surface area (Å²) >= 11 is 6.15. The number of halogens is 2. The molecule has 34 heavy (non-hydrogen) atoms. The predicted octanol–water partition coefficient (Wildman–Crippen LogP) is 5.18. The minimum absolute atomic E-state index is 0.158. The Balaban J connectivity index is 1.26. The van der Waals surface area contributed by atoms with Gasteiger partial charge in [0.2, 0.25) is 0 Å². The van der Waals surface area contributed by atoms with Gasteiger partial charge in [0.05, 0.1) is 10.7 Å². The Hall–Kier alpha value is -3.22. The molecule has 0 atom stereocenters. The maximum absolute atomic E-state index is 13.2. The molecule has 5 rings (SSSR count). The Morgan fingerprint density at radius 1 is 1.09 bits per heavy atom. The average molecular weight is 477 g/mol. The van der Waals surface area contributed by atoms with Gasteiger partial charge in [0.1, 0.15) is 17.2 Å². The molecule has 0 saturated heterocycles. The van der Waals surface area contributed by atoms with Gasteiger partial charge >= 0.3 is 0 Å². The zero-order valence-corrected chi connectivity index (χ0v) is 19.8. The van der Waals surface area contributed by atoms with Crippen LogP contribution in [0.15, 0.2) is 60.8 Å². The standard InChI is InChI=1S/C27H26ClFN4O/c1-2-24-26(33-17-22(28)7-10-25(33)31-24)27(34)30-14-19-3-6-21-16-32(12-11-20(21)13-19)15-18-4-8-23(29)9-5-18/h3-10,13,17H,2,11-12,14-16H2,1H3,(H,30,34). The SMILES string of the molecule is CCc1nc2ccc(Cl)cn2c1C(=O)NCc1ccc2c(c1)CCN(Cc1ccc(F)cc1)C2. The van der Waals surface area contributed by atoms with E-state index >= 15 is 0 Å². The molecule has 0 saturated carbocycles. The number of hydrogen-bond donors (Lipinski definition) is 1. The van der Waals surface area contributed by atoms with Gasteiger partial charge in [0.15, 0.2) is 0 Å². The first-order valence-electron chi connectivity index (χ1n) is 11.5. The van der Waals surface area contributed by atoms with Crippen LogP contribution in [0.1, 0.15) is 45.4 Å². The van der Waals surface area contributed by atoms with Crippen LogP contribution in [0, 0.1) is 5.82 Å². The normalized spacial score (nSPS) is 13.7. The third-order valence-corrected chi connectivity index (χ3v) is 6.56. The van der Waals surface area contributed by atoms with Crippen molar-refractivity contribution >= 4 is 23.2 Å². The van der Waals surface area contributed by atoms with E-state index < -0.39 is 0 Å². The van der Waals surface area contributed by atoms with Gasteiger partial charge in [0, 0.05) is 32.4 Å². The number of benzene rings is 2. The topological polar surface area (TPSA) is 49.6 Å². The number of rotatable bonds is 6. The van der Waals surface area contributed by atoms with E-state index in [1.54, 1.807) is 16.7 Å². The van der Waals surface area contributed by atoms with E-state index in [9.17, 15) is 9.18 Å². The van der Waals surface area contributed by atoms with Crippen LogP contribution in [0.5, 0.6) is 0 Å². The summed E-state index contributed by atoms with van der Waals surface area (Å²) in [5.41, 5.74) is 6.81. The van der Waals surface area contributed by atoms with Crippen molar-refractivity contribution in [2.45, 2.75) is 39.4 Å². The molecule has 0 fully saturated rings. The number of hydrogen-bond acceptors (Lipinski definition) is 3. The Kier molecular flexibility index (Phi) is 6.35. The number of pyridine rings is 1. The molecule has 0 radical (unpaired) electrons. The lowest BCUT2D eigenvalue weighted by molar-refractivity contribution is 0.0944. The first-order valence-corrected chi connectivity index (χ1v) is 11.9. The lowest BCUT2D eigenvalue weighted by atomic mass is 9.97. The van der Waals surface area contributed by atoms with Crippen LogP contribution < -0.4 is 5.32 Å². The number of fused-ring (bicyclic) bond motifs is 2. The second-order valence-corrected chi connectivity index (χ2v) is 9.15. The van der Waals surface area contributed by atoms with E-state index in [1.165, 1.54) is 23.3 Å². The molecule has 0 aliphatic carbocycles. The van der Waals surface area contributed by atoms with Crippen molar-refractivity contribution in [3.63, 3.8) is 0 Å². The molecule has 4 aromatic rings. The molecule has 174 valence electrons. The quantitative estimate of drug-likeness (QED) is 0.417. The highest BCUT2D eigenvalue weighted by Gasteiger charge is 2.20. The molecule has 0 spiro atoms. The van der Waals surface area contributed by atoms with E-state index in [-0.39, 0.29) is 11.7 Å². The molecule has 1 aliphatic rings. The van der Waals surface area contributed by atoms with Crippen molar-refractivity contribution in [3.8, 4) is 0 Å². The smallest absolute Gasteiger partial charge is 0.270 e. The summed E-state index contributed by atoms with van der Waals surface area (Å²) in [6, 6.07) is 16.7. The van der Waals surface area contributed by atoms with Crippen LogP contribution in [-0.4, -0.2) is 26.7 Å². The van der Waals surface area contributed by atoms with Gasteiger partial charge in [-0.2, -0.15) is 0 Å². The molecule has 0 bridgehead atoms. The molecular weight excluding hydrogens is 451 g/mol. The second-order valence-electron chi connectivity index (χ2n) is 8.71. The van der Waals surface area contributed by atoms with Gasteiger partial charge in [0.25, 0.3) is 5.91 Å². The third kappa shape index (κ3) is 4.69. The number of carbonyl (C=O) groups excluding carboxylic acids is 1. The highest BCUT2D eigenvalue weighted by atomic mass is 35.5. The van der Waals surface area contributed by atoms with Crippen LogP contribution in [0.2, 0.25) is 5.02 Å². The molecule has 1 aliphatic heterocycles. The first-order chi connectivity index (χ1) is 16.5. The van der Waals surface area contributed by atoms with E-state index in [0.29, 0.717) is 29.3 Å². The van der Waals surface area contributed by atoms with Gasteiger partial charge in [-0.1, -0.05) is 48.9 Å². The van der Waals surface area contributed by atoms with Crippen molar-refractivity contribution in [2.24, 2.45) is 0 Å². The highest BCUT2D eigenvalue weighted by molar-refractivity contribution is 6.30. The number of aromatic nitrogens is 2. The first kappa shape index (κ1) is 22.6. The Bertz CT molecular complexity index is 1350. The summed E-state index contributed by atoms with van der Waals surface area (Å²) in [6.45, 7) is 5.05. The molecule has 5 nitrogen and oxygen atoms in total.